The van der Waals surface area contributed by atoms with E-state index in [0.29, 0.717) is 22.9 Å². The molecule has 2 amide bonds. The number of carbonyl (C=O) groups is 2. The van der Waals surface area contributed by atoms with Crippen LogP contribution < -0.4 is 15.8 Å². The number of nitrogens with zero attached hydrogens (tertiary/aromatic N) is 3. The van der Waals surface area contributed by atoms with Crippen molar-refractivity contribution in [1.29, 1.82) is 0 Å². The van der Waals surface area contributed by atoms with Crippen LogP contribution in [0.15, 0.2) is 15.9 Å². The summed E-state index contributed by atoms with van der Waals surface area (Å²) in [6, 6.07) is 0.0464. The fourth-order valence-corrected chi connectivity index (χ4v) is 3.06. The predicted molar refractivity (Wildman–Crippen MR) is 85.1 cm³/mol. The van der Waals surface area contributed by atoms with E-state index in [2.05, 4.69) is 10.4 Å². The second kappa shape index (κ2) is 6.95. The molecule has 1 aromatic heterocycles. The van der Waals surface area contributed by atoms with E-state index in [0.717, 1.165) is 11.1 Å². The first-order valence-corrected chi connectivity index (χ1v) is 8.29. The fraction of sp³-hybridized carbons (Fsp3) is 0.571. The Morgan fingerprint density at radius 1 is 1.45 bits per heavy atom. The van der Waals surface area contributed by atoms with Crippen molar-refractivity contribution in [2.75, 3.05) is 17.2 Å². The summed E-state index contributed by atoms with van der Waals surface area (Å²) < 4.78 is 1.11. The predicted octanol–water partition coefficient (Wildman–Crippen LogP) is 0.617. The molecule has 0 saturated heterocycles. The largest absolute Gasteiger partial charge is 0.352 e. The van der Waals surface area contributed by atoms with Crippen LogP contribution >= 0.6 is 11.8 Å². The van der Waals surface area contributed by atoms with Gasteiger partial charge < -0.3 is 10.2 Å². The lowest BCUT2D eigenvalue weighted by Crippen LogP contribution is -2.43. The highest BCUT2D eigenvalue weighted by atomic mass is 32.2. The van der Waals surface area contributed by atoms with E-state index >= 15 is 0 Å². The van der Waals surface area contributed by atoms with Crippen LogP contribution in [-0.4, -0.2) is 39.9 Å². The van der Waals surface area contributed by atoms with Crippen molar-refractivity contribution in [2.45, 2.75) is 44.7 Å². The molecule has 1 aromatic rings. The topological polar surface area (TPSA) is 84.3 Å². The Morgan fingerprint density at radius 3 is 2.82 bits per heavy atom. The van der Waals surface area contributed by atoms with Crippen molar-refractivity contribution in [2.24, 2.45) is 0 Å². The van der Waals surface area contributed by atoms with Gasteiger partial charge in [-0.05, 0) is 20.3 Å². The molecule has 0 bridgehead atoms. The van der Waals surface area contributed by atoms with Crippen LogP contribution in [0.4, 0.5) is 5.69 Å². The van der Waals surface area contributed by atoms with E-state index < -0.39 is 5.56 Å². The third-order valence-electron chi connectivity index (χ3n) is 3.54. The zero-order valence-corrected chi connectivity index (χ0v) is 13.8. The maximum atomic E-state index is 12.5. The molecule has 2 heterocycles. The van der Waals surface area contributed by atoms with Crippen molar-refractivity contribution in [3.8, 4) is 0 Å². The van der Waals surface area contributed by atoms with Crippen LogP contribution in [0, 0.1) is 0 Å². The van der Waals surface area contributed by atoms with Crippen molar-refractivity contribution < 1.29 is 9.59 Å². The minimum absolute atomic E-state index is 0.0464. The lowest BCUT2D eigenvalue weighted by Gasteiger charge is -2.27. The summed E-state index contributed by atoms with van der Waals surface area (Å²) in [6.07, 6.45) is 2.36. The van der Waals surface area contributed by atoms with Gasteiger partial charge >= 0.3 is 0 Å². The molecular formula is C14H20N4O3S. The smallest absolute Gasteiger partial charge is 0.292 e. The van der Waals surface area contributed by atoms with E-state index in [1.165, 1.54) is 16.7 Å². The lowest BCUT2D eigenvalue weighted by molar-refractivity contribution is -0.122. The second-order valence-electron chi connectivity index (χ2n) is 5.12. The Hall–Kier alpha value is -1.83. The average molecular weight is 324 g/mol. The van der Waals surface area contributed by atoms with Gasteiger partial charge in [-0.3, -0.25) is 14.4 Å². The van der Waals surface area contributed by atoms with Crippen molar-refractivity contribution in [3.05, 3.63) is 16.6 Å². The third-order valence-corrected chi connectivity index (χ3v) is 4.54. The summed E-state index contributed by atoms with van der Waals surface area (Å²) in [5.74, 6) is -0.0545. The Kier molecular flexibility index (Phi) is 5.23. The molecule has 7 nitrogen and oxygen atoms in total. The highest BCUT2D eigenvalue weighted by molar-refractivity contribution is 8.00. The molecule has 0 fully saturated rings. The minimum Gasteiger partial charge on any atom is -0.352 e. The Bertz CT molecular complexity index is 643. The Labute approximate surface area is 133 Å². The SMILES string of the molecule is CC[C@H](C)NC(=O)Cn1ncc2c(c1=O)N(CC)C(=O)CS2. The number of hydrogen-bond donors (Lipinski definition) is 1. The fourth-order valence-electron chi connectivity index (χ4n) is 2.17. The van der Waals surface area contributed by atoms with Crippen LogP contribution in [0.3, 0.4) is 0 Å². The molecule has 2 rings (SSSR count). The number of nitrogens with one attached hydrogen (secondary N) is 1. The molecule has 0 saturated carbocycles. The van der Waals surface area contributed by atoms with Gasteiger partial charge in [-0.25, -0.2) is 4.68 Å². The van der Waals surface area contributed by atoms with Crippen LogP contribution in [-0.2, 0) is 16.1 Å². The molecule has 0 unspecified atom stereocenters. The van der Waals surface area contributed by atoms with Crippen LogP contribution in [0.1, 0.15) is 27.2 Å². The zero-order chi connectivity index (χ0) is 16.3. The zero-order valence-electron chi connectivity index (χ0n) is 13.0. The van der Waals surface area contributed by atoms with Gasteiger partial charge in [-0.1, -0.05) is 6.92 Å². The molecule has 120 valence electrons. The molecule has 22 heavy (non-hydrogen) atoms. The van der Waals surface area contributed by atoms with Gasteiger partial charge in [0, 0.05) is 12.6 Å². The van der Waals surface area contributed by atoms with Gasteiger partial charge in [0.1, 0.15) is 12.2 Å². The molecule has 8 heteroatoms. The number of anilines is 1. The molecule has 0 radical (unpaired) electrons. The van der Waals surface area contributed by atoms with Crippen molar-refractivity contribution >= 4 is 29.3 Å². The van der Waals surface area contributed by atoms with Gasteiger partial charge in [0.05, 0.1) is 16.8 Å². The average Bonchev–Trinajstić information content (AvgIpc) is 2.50. The second-order valence-corrected chi connectivity index (χ2v) is 6.14. The molecular weight excluding hydrogens is 304 g/mol. The number of rotatable bonds is 5. The molecule has 0 aromatic carbocycles. The molecule has 0 aliphatic carbocycles. The molecule has 1 N–H and O–H groups in total. The highest BCUT2D eigenvalue weighted by Gasteiger charge is 2.28. The summed E-state index contributed by atoms with van der Waals surface area (Å²) in [5.41, 5.74) is -0.0747. The normalized spacial score (nSPS) is 15.4. The van der Waals surface area contributed by atoms with Gasteiger partial charge in [0.15, 0.2) is 0 Å². The maximum Gasteiger partial charge on any atom is 0.292 e. The van der Waals surface area contributed by atoms with E-state index in [4.69, 9.17) is 0 Å². The minimum atomic E-state index is -0.404. The third kappa shape index (κ3) is 3.32. The number of aromatic nitrogens is 2. The van der Waals surface area contributed by atoms with Crippen LogP contribution in [0.5, 0.6) is 0 Å². The Balaban J connectivity index is 2.29. The quantitative estimate of drug-likeness (QED) is 0.858. The first-order chi connectivity index (χ1) is 10.5. The monoisotopic (exact) mass is 324 g/mol. The summed E-state index contributed by atoms with van der Waals surface area (Å²) in [7, 11) is 0. The van der Waals surface area contributed by atoms with Gasteiger partial charge in [-0.2, -0.15) is 5.10 Å². The standard InChI is InChI=1S/C14H20N4O3S/c1-4-9(3)16-11(19)7-18-14(21)13-10(6-15-18)22-8-12(20)17(13)5-2/h6,9H,4-5,7-8H2,1-3H3,(H,16,19)/t9-/m0/s1. The van der Waals surface area contributed by atoms with Gasteiger partial charge in [0.25, 0.3) is 5.56 Å². The van der Waals surface area contributed by atoms with E-state index in [-0.39, 0.29) is 24.4 Å². The Morgan fingerprint density at radius 2 is 2.18 bits per heavy atom. The molecule has 1 aliphatic rings. The summed E-state index contributed by atoms with van der Waals surface area (Å²) in [6.45, 7) is 5.96. The number of thioether (sulfide) groups is 1. The van der Waals surface area contributed by atoms with Crippen LogP contribution in [0.2, 0.25) is 0 Å². The first-order valence-electron chi connectivity index (χ1n) is 7.30. The van der Waals surface area contributed by atoms with Crippen molar-refractivity contribution in [3.63, 3.8) is 0 Å². The van der Waals surface area contributed by atoms with E-state index in [9.17, 15) is 14.4 Å². The van der Waals surface area contributed by atoms with Crippen LogP contribution in [0.25, 0.3) is 0 Å². The maximum absolute atomic E-state index is 12.5. The summed E-state index contributed by atoms with van der Waals surface area (Å²) in [4.78, 5) is 38.5. The van der Waals surface area contributed by atoms with Gasteiger partial charge in [-0.15, -0.1) is 11.8 Å². The summed E-state index contributed by atoms with van der Waals surface area (Å²) >= 11 is 1.30. The van der Waals surface area contributed by atoms with Gasteiger partial charge in [0.2, 0.25) is 11.8 Å². The van der Waals surface area contributed by atoms with Crippen molar-refractivity contribution in [1.82, 2.24) is 15.1 Å². The molecule has 0 spiro atoms. The van der Waals surface area contributed by atoms with E-state index in [1.807, 2.05) is 20.8 Å². The summed E-state index contributed by atoms with van der Waals surface area (Å²) in [5, 5.41) is 6.84. The highest BCUT2D eigenvalue weighted by Crippen LogP contribution is 2.31. The number of hydrogen-bond acceptors (Lipinski definition) is 5. The van der Waals surface area contributed by atoms with E-state index in [1.54, 1.807) is 6.20 Å². The number of fused-ring (bicyclic) bond motifs is 1. The molecule has 1 aliphatic heterocycles. The first kappa shape index (κ1) is 16.5. The number of amides is 2. The molecule has 1 atom stereocenters. The lowest BCUT2D eigenvalue weighted by atomic mass is 10.2. The number of carbonyl (C=O) groups excluding carboxylic acids is 2.